The summed E-state index contributed by atoms with van der Waals surface area (Å²) >= 11 is 0. The standard InChI is InChI=1S/C19H17N3O5/c23-17(20-15(19(25)26)11-13-5-2-1-3-6-13)12-22-18(24)9-8-14(21-22)16-7-4-10-27-16/h1-10,15H,11-12H2,(H,20,23)(H,25,26)/t15-/m1/s1. The number of furan rings is 1. The van der Waals surface area contributed by atoms with Gasteiger partial charge < -0.3 is 14.8 Å². The van der Waals surface area contributed by atoms with E-state index in [0.717, 1.165) is 10.2 Å². The van der Waals surface area contributed by atoms with E-state index in [9.17, 15) is 19.5 Å². The number of carboxylic acids is 1. The Morgan fingerprint density at radius 2 is 1.89 bits per heavy atom. The molecule has 27 heavy (non-hydrogen) atoms. The highest BCUT2D eigenvalue weighted by Gasteiger charge is 2.21. The van der Waals surface area contributed by atoms with Gasteiger partial charge in [0.05, 0.1) is 6.26 Å². The Morgan fingerprint density at radius 1 is 1.11 bits per heavy atom. The minimum atomic E-state index is -1.16. The van der Waals surface area contributed by atoms with Gasteiger partial charge in [-0.2, -0.15) is 5.10 Å². The lowest BCUT2D eigenvalue weighted by Crippen LogP contribution is -2.44. The largest absolute Gasteiger partial charge is 0.480 e. The highest BCUT2D eigenvalue weighted by Crippen LogP contribution is 2.15. The van der Waals surface area contributed by atoms with E-state index in [0.29, 0.717) is 11.5 Å². The van der Waals surface area contributed by atoms with Crippen molar-refractivity contribution in [3.05, 3.63) is 76.8 Å². The second-order valence-electron chi connectivity index (χ2n) is 5.84. The van der Waals surface area contributed by atoms with Crippen molar-refractivity contribution in [3.63, 3.8) is 0 Å². The van der Waals surface area contributed by atoms with Crippen molar-refractivity contribution < 1.29 is 19.1 Å². The zero-order valence-corrected chi connectivity index (χ0v) is 14.2. The van der Waals surface area contributed by atoms with Crippen molar-refractivity contribution in [1.82, 2.24) is 15.1 Å². The van der Waals surface area contributed by atoms with Crippen molar-refractivity contribution in [2.45, 2.75) is 19.0 Å². The number of hydrogen-bond acceptors (Lipinski definition) is 5. The van der Waals surface area contributed by atoms with E-state index >= 15 is 0 Å². The van der Waals surface area contributed by atoms with E-state index in [4.69, 9.17) is 4.42 Å². The summed E-state index contributed by atoms with van der Waals surface area (Å²) in [6.45, 7) is -0.397. The lowest BCUT2D eigenvalue weighted by atomic mass is 10.1. The number of hydrogen-bond donors (Lipinski definition) is 2. The molecule has 0 aliphatic rings. The molecule has 2 N–H and O–H groups in total. The van der Waals surface area contributed by atoms with E-state index in [1.807, 2.05) is 6.07 Å². The highest BCUT2D eigenvalue weighted by atomic mass is 16.4. The molecular formula is C19H17N3O5. The van der Waals surface area contributed by atoms with Gasteiger partial charge in [-0.05, 0) is 23.8 Å². The smallest absolute Gasteiger partial charge is 0.326 e. The summed E-state index contributed by atoms with van der Waals surface area (Å²) in [4.78, 5) is 35.7. The van der Waals surface area contributed by atoms with Gasteiger partial charge in [0, 0.05) is 12.5 Å². The van der Waals surface area contributed by atoms with Gasteiger partial charge in [0.25, 0.3) is 5.56 Å². The molecule has 8 heteroatoms. The fraction of sp³-hybridized carbons (Fsp3) is 0.158. The Labute approximate surface area is 154 Å². The topological polar surface area (TPSA) is 114 Å². The number of aromatic nitrogens is 2. The molecule has 0 aliphatic heterocycles. The monoisotopic (exact) mass is 367 g/mol. The van der Waals surface area contributed by atoms with Crippen LogP contribution in [0.1, 0.15) is 5.56 Å². The fourth-order valence-electron chi connectivity index (χ4n) is 2.54. The van der Waals surface area contributed by atoms with E-state index in [-0.39, 0.29) is 6.42 Å². The minimum absolute atomic E-state index is 0.136. The third kappa shape index (κ3) is 4.69. The summed E-state index contributed by atoms with van der Waals surface area (Å²) in [5.41, 5.74) is 0.696. The van der Waals surface area contributed by atoms with Crippen LogP contribution in [0.15, 0.2) is 70.1 Å². The Kier molecular flexibility index (Phi) is 5.46. The molecule has 138 valence electrons. The van der Waals surface area contributed by atoms with E-state index in [1.54, 1.807) is 36.4 Å². The molecule has 3 rings (SSSR count). The number of carbonyl (C=O) groups is 2. The number of rotatable bonds is 7. The summed E-state index contributed by atoms with van der Waals surface area (Å²) < 4.78 is 6.19. The molecule has 2 aromatic heterocycles. The Bertz CT molecular complexity index is 980. The maximum atomic E-state index is 12.3. The van der Waals surface area contributed by atoms with Gasteiger partial charge in [0.2, 0.25) is 5.91 Å². The summed E-state index contributed by atoms with van der Waals surface area (Å²) in [5.74, 6) is -1.32. The molecule has 0 aliphatic carbocycles. The SMILES string of the molecule is O=C(Cn1nc(-c2ccco2)ccc1=O)N[C@H](Cc1ccccc1)C(=O)O. The first-order chi connectivity index (χ1) is 13.0. The normalized spacial score (nSPS) is 11.7. The number of nitrogens with zero attached hydrogens (tertiary/aromatic N) is 2. The number of aliphatic carboxylic acids is 1. The Morgan fingerprint density at radius 3 is 2.56 bits per heavy atom. The average molecular weight is 367 g/mol. The van der Waals surface area contributed by atoms with E-state index in [2.05, 4.69) is 10.4 Å². The molecule has 3 aromatic rings. The van der Waals surface area contributed by atoms with Crippen LogP contribution < -0.4 is 10.9 Å². The van der Waals surface area contributed by atoms with Crippen molar-refractivity contribution >= 4 is 11.9 Å². The number of carboxylic acid groups (broad SMARTS) is 1. The van der Waals surface area contributed by atoms with Crippen LogP contribution in [0.4, 0.5) is 0 Å². The van der Waals surface area contributed by atoms with Crippen molar-refractivity contribution in [2.75, 3.05) is 0 Å². The van der Waals surface area contributed by atoms with E-state index in [1.165, 1.54) is 18.4 Å². The van der Waals surface area contributed by atoms with Gasteiger partial charge in [-0.3, -0.25) is 9.59 Å². The zero-order valence-electron chi connectivity index (χ0n) is 14.2. The first kappa shape index (κ1) is 18.1. The second-order valence-corrected chi connectivity index (χ2v) is 5.84. The third-order valence-electron chi connectivity index (χ3n) is 3.85. The highest BCUT2D eigenvalue weighted by molar-refractivity contribution is 5.83. The van der Waals surface area contributed by atoms with Crippen LogP contribution in [-0.2, 0) is 22.6 Å². The van der Waals surface area contributed by atoms with Crippen molar-refractivity contribution in [2.24, 2.45) is 0 Å². The molecule has 1 aromatic carbocycles. The van der Waals surface area contributed by atoms with Crippen LogP contribution in [0.2, 0.25) is 0 Å². The molecule has 0 saturated carbocycles. The Balaban J connectivity index is 1.71. The van der Waals surface area contributed by atoms with Crippen LogP contribution in [0.5, 0.6) is 0 Å². The third-order valence-corrected chi connectivity index (χ3v) is 3.85. The Hall–Kier alpha value is -3.68. The van der Waals surface area contributed by atoms with Crippen LogP contribution in [0, 0.1) is 0 Å². The van der Waals surface area contributed by atoms with Crippen LogP contribution in [-0.4, -0.2) is 32.8 Å². The molecule has 1 amide bonds. The molecule has 0 bridgehead atoms. The summed E-state index contributed by atoms with van der Waals surface area (Å²) in [6.07, 6.45) is 1.61. The summed E-state index contributed by atoms with van der Waals surface area (Å²) in [5, 5.41) is 15.9. The van der Waals surface area contributed by atoms with Crippen LogP contribution in [0.25, 0.3) is 11.5 Å². The lowest BCUT2D eigenvalue weighted by Gasteiger charge is -2.15. The molecule has 0 fully saturated rings. The zero-order chi connectivity index (χ0) is 19.2. The number of carbonyl (C=O) groups excluding carboxylic acids is 1. The first-order valence-corrected chi connectivity index (χ1v) is 8.21. The number of benzene rings is 1. The van der Waals surface area contributed by atoms with Gasteiger partial charge in [0.1, 0.15) is 18.3 Å². The maximum absolute atomic E-state index is 12.3. The molecule has 0 radical (unpaired) electrons. The molecular weight excluding hydrogens is 350 g/mol. The predicted molar refractivity (Wildman–Crippen MR) is 95.9 cm³/mol. The molecule has 0 unspecified atom stereocenters. The molecule has 8 nitrogen and oxygen atoms in total. The average Bonchev–Trinajstić information content (AvgIpc) is 3.18. The molecule has 1 atom stereocenters. The van der Waals surface area contributed by atoms with Gasteiger partial charge in [-0.25, -0.2) is 9.48 Å². The second kappa shape index (κ2) is 8.13. The molecule has 0 spiro atoms. The van der Waals surface area contributed by atoms with Gasteiger partial charge in [0.15, 0.2) is 5.76 Å². The number of amides is 1. The van der Waals surface area contributed by atoms with Crippen molar-refractivity contribution in [1.29, 1.82) is 0 Å². The number of nitrogens with one attached hydrogen (secondary N) is 1. The van der Waals surface area contributed by atoms with E-state index < -0.39 is 30.0 Å². The van der Waals surface area contributed by atoms with Gasteiger partial charge in [-0.15, -0.1) is 0 Å². The van der Waals surface area contributed by atoms with Crippen molar-refractivity contribution in [3.8, 4) is 11.5 Å². The van der Waals surface area contributed by atoms with Crippen LogP contribution >= 0.6 is 0 Å². The maximum Gasteiger partial charge on any atom is 0.326 e. The summed E-state index contributed by atoms with van der Waals surface area (Å²) in [6, 6.07) is 14.0. The summed E-state index contributed by atoms with van der Waals surface area (Å²) in [7, 11) is 0. The van der Waals surface area contributed by atoms with Gasteiger partial charge >= 0.3 is 5.97 Å². The van der Waals surface area contributed by atoms with Crippen LogP contribution in [0.3, 0.4) is 0 Å². The lowest BCUT2D eigenvalue weighted by molar-refractivity contribution is -0.141. The quantitative estimate of drug-likeness (QED) is 0.651. The fourth-order valence-corrected chi connectivity index (χ4v) is 2.54. The minimum Gasteiger partial charge on any atom is -0.480 e. The van der Waals surface area contributed by atoms with Gasteiger partial charge in [-0.1, -0.05) is 30.3 Å². The first-order valence-electron chi connectivity index (χ1n) is 8.21. The molecule has 2 heterocycles. The predicted octanol–water partition coefficient (Wildman–Crippen LogP) is 1.32. The molecule has 0 saturated heterocycles.